The second kappa shape index (κ2) is 8.35. The number of hydrogen-bond acceptors (Lipinski definition) is 5. The van der Waals surface area contributed by atoms with Gasteiger partial charge in [0.1, 0.15) is 10.7 Å². The van der Waals surface area contributed by atoms with Crippen molar-refractivity contribution >= 4 is 33.1 Å². The molecule has 0 bridgehead atoms. The summed E-state index contributed by atoms with van der Waals surface area (Å²) in [5.74, 6) is 0.910. The van der Waals surface area contributed by atoms with Crippen molar-refractivity contribution in [3.63, 3.8) is 0 Å². The molecule has 0 saturated carbocycles. The molecule has 1 fully saturated rings. The van der Waals surface area contributed by atoms with E-state index in [2.05, 4.69) is 36.9 Å². The molecule has 1 amide bonds. The van der Waals surface area contributed by atoms with Crippen LogP contribution >= 0.6 is 11.3 Å². The zero-order chi connectivity index (χ0) is 22.4. The second-order valence-corrected chi connectivity index (χ2v) is 10.0. The van der Waals surface area contributed by atoms with E-state index in [9.17, 15) is 9.59 Å². The minimum absolute atomic E-state index is 0.0273. The fourth-order valence-electron chi connectivity index (χ4n) is 4.99. The van der Waals surface area contributed by atoms with Crippen molar-refractivity contribution in [2.75, 3.05) is 31.1 Å². The molecule has 0 N–H and O–H groups in total. The zero-order valence-corrected chi connectivity index (χ0v) is 19.9. The molecule has 0 atom stereocenters. The van der Waals surface area contributed by atoms with Crippen LogP contribution in [0.25, 0.3) is 10.2 Å². The first-order valence-corrected chi connectivity index (χ1v) is 12.4. The largest absolute Gasteiger partial charge is 0.368 e. The van der Waals surface area contributed by atoms with Crippen LogP contribution in [0.15, 0.2) is 23.0 Å². The van der Waals surface area contributed by atoms with Crippen molar-refractivity contribution in [2.45, 2.75) is 53.0 Å². The predicted octanol–water partition coefficient (Wildman–Crippen LogP) is 4.07. The quantitative estimate of drug-likeness (QED) is 0.591. The van der Waals surface area contributed by atoms with Crippen molar-refractivity contribution in [2.24, 2.45) is 0 Å². The lowest BCUT2D eigenvalue weighted by Gasteiger charge is -2.37. The van der Waals surface area contributed by atoms with Crippen molar-refractivity contribution in [3.05, 3.63) is 55.9 Å². The van der Waals surface area contributed by atoms with Crippen LogP contribution in [0.3, 0.4) is 0 Å². The molecule has 4 heterocycles. The maximum Gasteiger partial charge on any atom is 0.264 e. The number of rotatable bonds is 2. The number of thiophene rings is 1. The molecule has 1 aromatic carbocycles. The van der Waals surface area contributed by atoms with Crippen LogP contribution in [0, 0.1) is 20.8 Å². The fraction of sp³-hybridized carbons (Fsp3) is 0.480. The smallest absolute Gasteiger partial charge is 0.264 e. The van der Waals surface area contributed by atoms with Gasteiger partial charge in [0, 0.05) is 44.8 Å². The number of fused-ring (bicyclic) bond motifs is 2. The highest BCUT2D eigenvalue weighted by molar-refractivity contribution is 7.20. The van der Waals surface area contributed by atoms with Crippen LogP contribution in [-0.4, -0.2) is 46.5 Å². The van der Waals surface area contributed by atoms with E-state index < -0.39 is 0 Å². The molecular weight excluding hydrogens is 420 g/mol. The van der Waals surface area contributed by atoms with E-state index in [0.29, 0.717) is 23.4 Å². The Morgan fingerprint density at radius 1 is 0.969 bits per heavy atom. The Labute approximate surface area is 192 Å². The first-order chi connectivity index (χ1) is 15.5. The highest BCUT2D eigenvalue weighted by Gasteiger charge is 2.28. The molecule has 1 saturated heterocycles. The van der Waals surface area contributed by atoms with Gasteiger partial charge in [-0.1, -0.05) is 18.6 Å². The van der Waals surface area contributed by atoms with Crippen LogP contribution < -0.4 is 10.5 Å². The highest BCUT2D eigenvalue weighted by atomic mass is 32.1. The fourth-order valence-corrected chi connectivity index (χ4v) is 6.14. The average Bonchev–Trinajstić information content (AvgIpc) is 2.96. The molecule has 0 radical (unpaired) electrons. The molecular formula is C25H30N4O2S. The molecule has 6 nitrogen and oxygen atoms in total. The number of aromatic nitrogens is 2. The Kier molecular flexibility index (Phi) is 5.53. The number of aryl methyl sites for hydroxylation is 3. The van der Waals surface area contributed by atoms with Gasteiger partial charge in [0.15, 0.2) is 0 Å². The Morgan fingerprint density at radius 3 is 2.53 bits per heavy atom. The summed E-state index contributed by atoms with van der Waals surface area (Å²) >= 11 is 1.39. The van der Waals surface area contributed by atoms with E-state index in [1.807, 2.05) is 16.4 Å². The van der Waals surface area contributed by atoms with Gasteiger partial charge >= 0.3 is 0 Å². The van der Waals surface area contributed by atoms with Gasteiger partial charge in [-0.15, -0.1) is 11.3 Å². The Balaban J connectivity index is 1.40. The summed E-state index contributed by atoms with van der Waals surface area (Å²) < 4.78 is 1.84. The standard InChI is InChI=1S/C25H30N4O2S/c1-16-8-7-9-19(17(16)2)27-12-14-28(15-13-27)25(31)22-18(3)21-23(32-22)26-20-10-5-4-6-11-29(20)24(21)30/h7-9H,4-6,10-15H2,1-3H3. The van der Waals surface area contributed by atoms with Gasteiger partial charge in [-0.05, 0) is 56.4 Å². The molecule has 0 aliphatic carbocycles. The summed E-state index contributed by atoms with van der Waals surface area (Å²) in [6.45, 7) is 9.94. The number of carbonyl (C=O) groups is 1. The van der Waals surface area contributed by atoms with E-state index in [4.69, 9.17) is 4.98 Å². The van der Waals surface area contributed by atoms with Crippen LogP contribution in [-0.2, 0) is 13.0 Å². The minimum atomic E-state index is 0.0273. The van der Waals surface area contributed by atoms with Crippen molar-refractivity contribution in [1.82, 2.24) is 14.5 Å². The zero-order valence-electron chi connectivity index (χ0n) is 19.1. The summed E-state index contributed by atoms with van der Waals surface area (Å²) in [4.78, 5) is 37.2. The van der Waals surface area contributed by atoms with Crippen LogP contribution in [0.1, 0.15) is 51.4 Å². The summed E-state index contributed by atoms with van der Waals surface area (Å²) in [7, 11) is 0. The van der Waals surface area contributed by atoms with E-state index in [-0.39, 0.29) is 11.5 Å². The molecule has 32 heavy (non-hydrogen) atoms. The van der Waals surface area contributed by atoms with Gasteiger partial charge in [-0.2, -0.15) is 0 Å². The third-order valence-electron chi connectivity index (χ3n) is 7.09. The molecule has 3 aromatic rings. The molecule has 0 spiro atoms. The number of hydrogen-bond donors (Lipinski definition) is 0. The van der Waals surface area contributed by atoms with Gasteiger partial charge in [-0.3, -0.25) is 14.2 Å². The van der Waals surface area contributed by atoms with Gasteiger partial charge in [-0.25, -0.2) is 4.98 Å². The Hall–Kier alpha value is -2.67. The molecule has 0 unspecified atom stereocenters. The summed E-state index contributed by atoms with van der Waals surface area (Å²) in [6, 6.07) is 6.40. The van der Waals surface area contributed by atoms with Gasteiger partial charge in [0.05, 0.1) is 10.3 Å². The number of piperazine rings is 1. The molecule has 168 valence electrons. The topological polar surface area (TPSA) is 58.4 Å². The number of benzene rings is 1. The molecule has 2 aliphatic rings. The highest BCUT2D eigenvalue weighted by Crippen LogP contribution is 2.30. The maximum atomic E-state index is 13.4. The van der Waals surface area contributed by atoms with Gasteiger partial charge in [0.2, 0.25) is 0 Å². The minimum Gasteiger partial charge on any atom is -0.368 e. The van der Waals surface area contributed by atoms with E-state index in [1.165, 1.54) is 28.2 Å². The van der Waals surface area contributed by atoms with Crippen LogP contribution in [0.4, 0.5) is 5.69 Å². The first-order valence-electron chi connectivity index (χ1n) is 11.6. The molecule has 2 aliphatic heterocycles. The lowest BCUT2D eigenvalue weighted by Crippen LogP contribution is -2.49. The summed E-state index contributed by atoms with van der Waals surface area (Å²) in [6.07, 6.45) is 4.05. The van der Waals surface area contributed by atoms with Crippen LogP contribution in [0.2, 0.25) is 0 Å². The van der Waals surface area contributed by atoms with Gasteiger partial charge in [0.25, 0.3) is 11.5 Å². The van der Waals surface area contributed by atoms with Crippen molar-refractivity contribution in [1.29, 1.82) is 0 Å². The number of amides is 1. The maximum absolute atomic E-state index is 13.4. The van der Waals surface area contributed by atoms with E-state index >= 15 is 0 Å². The SMILES string of the molecule is Cc1cccc(N2CCN(C(=O)c3sc4nc5n(c(=O)c4c3C)CCCCC5)CC2)c1C. The normalized spacial score (nSPS) is 16.8. The average molecular weight is 451 g/mol. The molecule has 2 aromatic heterocycles. The summed E-state index contributed by atoms with van der Waals surface area (Å²) in [5.41, 5.74) is 4.68. The lowest BCUT2D eigenvalue weighted by molar-refractivity contribution is 0.0751. The predicted molar refractivity (Wildman–Crippen MR) is 130 cm³/mol. The number of nitrogens with zero attached hydrogens (tertiary/aromatic N) is 4. The Morgan fingerprint density at radius 2 is 1.75 bits per heavy atom. The third-order valence-corrected chi connectivity index (χ3v) is 8.26. The summed E-state index contributed by atoms with van der Waals surface area (Å²) in [5, 5.41) is 0.637. The van der Waals surface area contributed by atoms with Crippen molar-refractivity contribution in [3.8, 4) is 0 Å². The van der Waals surface area contributed by atoms with E-state index in [1.54, 1.807) is 0 Å². The second-order valence-electron chi connectivity index (χ2n) is 9.03. The van der Waals surface area contributed by atoms with Gasteiger partial charge < -0.3 is 9.80 Å². The number of carbonyl (C=O) groups excluding carboxylic acids is 1. The number of anilines is 1. The Bertz CT molecular complexity index is 1250. The third kappa shape index (κ3) is 3.52. The molecule has 5 rings (SSSR count). The molecule has 7 heteroatoms. The van der Waals surface area contributed by atoms with E-state index in [0.717, 1.165) is 61.5 Å². The first kappa shape index (κ1) is 21.2. The van der Waals surface area contributed by atoms with Crippen molar-refractivity contribution < 1.29 is 4.79 Å². The lowest BCUT2D eigenvalue weighted by atomic mass is 10.1. The van der Waals surface area contributed by atoms with Crippen LogP contribution in [0.5, 0.6) is 0 Å². The monoisotopic (exact) mass is 450 g/mol.